The van der Waals surface area contributed by atoms with Gasteiger partial charge in [0.05, 0.1) is 15.7 Å². The van der Waals surface area contributed by atoms with Crippen LogP contribution in [0.25, 0.3) is 21.3 Å². The number of likely N-dealkylation sites (N-methyl/N-ethyl adjacent to an activating group) is 1. The number of benzene rings is 2. The Bertz CT molecular complexity index is 1080. The van der Waals surface area contributed by atoms with Gasteiger partial charge in [0.2, 0.25) is 0 Å². The average molecular weight is 414 g/mol. The Labute approximate surface area is 173 Å². The number of hydrogen-bond acceptors (Lipinski definition) is 4. The standard InChI is InChI=1S/C22H21ClFN3S/c1-14(27(2)3)7-8-15(12-25)9-17-11-19-22(26-13-28-19)20(21(17)24)16-5-4-6-18(23)10-16/h4-8,10-13H,1,9,25H2,2-3H3/b8-7-,15-12+. The van der Waals surface area contributed by atoms with Crippen LogP contribution in [-0.4, -0.2) is 24.0 Å². The van der Waals surface area contributed by atoms with Gasteiger partial charge in [-0.1, -0.05) is 36.4 Å². The van der Waals surface area contributed by atoms with E-state index in [9.17, 15) is 0 Å². The van der Waals surface area contributed by atoms with Gasteiger partial charge in [0.25, 0.3) is 0 Å². The number of nitrogens with two attached hydrogens (primary N) is 1. The summed E-state index contributed by atoms with van der Waals surface area (Å²) in [4.78, 5) is 6.26. The molecule has 0 spiro atoms. The fourth-order valence-electron chi connectivity index (χ4n) is 2.81. The van der Waals surface area contributed by atoms with Gasteiger partial charge in [0.1, 0.15) is 5.82 Å². The van der Waals surface area contributed by atoms with E-state index in [2.05, 4.69) is 11.6 Å². The number of allylic oxidation sites excluding steroid dienone is 3. The number of rotatable bonds is 6. The highest BCUT2D eigenvalue weighted by molar-refractivity contribution is 7.16. The monoisotopic (exact) mass is 413 g/mol. The Hall–Kier alpha value is -2.63. The topological polar surface area (TPSA) is 42.1 Å². The molecule has 2 N–H and O–H groups in total. The van der Waals surface area contributed by atoms with Crippen molar-refractivity contribution in [3.8, 4) is 11.1 Å². The highest BCUT2D eigenvalue weighted by Crippen LogP contribution is 2.36. The van der Waals surface area contributed by atoms with Crippen molar-refractivity contribution < 1.29 is 4.39 Å². The Kier molecular flexibility index (Phi) is 6.17. The van der Waals surface area contributed by atoms with Gasteiger partial charge in [-0.15, -0.1) is 11.3 Å². The maximum absolute atomic E-state index is 15.5. The molecule has 0 saturated carbocycles. The smallest absolute Gasteiger partial charge is 0.136 e. The number of aromatic nitrogens is 1. The molecule has 144 valence electrons. The van der Waals surface area contributed by atoms with Crippen LogP contribution in [0.5, 0.6) is 0 Å². The number of nitrogens with zero attached hydrogens (tertiary/aromatic N) is 2. The maximum Gasteiger partial charge on any atom is 0.136 e. The summed E-state index contributed by atoms with van der Waals surface area (Å²) >= 11 is 7.61. The predicted molar refractivity (Wildman–Crippen MR) is 118 cm³/mol. The van der Waals surface area contributed by atoms with Gasteiger partial charge in [-0.3, -0.25) is 0 Å². The molecule has 28 heavy (non-hydrogen) atoms. The molecular formula is C22H21ClFN3S. The molecule has 3 rings (SSSR count). The molecule has 0 atom stereocenters. The molecule has 3 nitrogen and oxygen atoms in total. The van der Waals surface area contributed by atoms with E-state index in [1.807, 2.05) is 49.3 Å². The highest BCUT2D eigenvalue weighted by atomic mass is 35.5. The van der Waals surface area contributed by atoms with E-state index < -0.39 is 0 Å². The molecule has 0 radical (unpaired) electrons. The zero-order valence-electron chi connectivity index (χ0n) is 15.7. The molecule has 0 bridgehead atoms. The quantitative estimate of drug-likeness (QED) is 0.521. The minimum atomic E-state index is -0.306. The number of hydrogen-bond donors (Lipinski definition) is 1. The zero-order chi connectivity index (χ0) is 20.3. The van der Waals surface area contributed by atoms with Gasteiger partial charge in [-0.25, -0.2) is 9.37 Å². The first-order valence-corrected chi connectivity index (χ1v) is 9.92. The van der Waals surface area contributed by atoms with Crippen LogP contribution >= 0.6 is 22.9 Å². The first kappa shape index (κ1) is 20.1. The van der Waals surface area contributed by atoms with Crippen LogP contribution in [0, 0.1) is 5.82 Å². The van der Waals surface area contributed by atoms with Gasteiger partial charge >= 0.3 is 0 Å². The third kappa shape index (κ3) is 4.26. The summed E-state index contributed by atoms with van der Waals surface area (Å²) in [7, 11) is 3.82. The lowest BCUT2D eigenvalue weighted by molar-refractivity contribution is 0.532. The summed E-state index contributed by atoms with van der Waals surface area (Å²) in [6.07, 6.45) is 5.58. The Balaban J connectivity index is 2.05. The van der Waals surface area contributed by atoms with Gasteiger partial charge in [0.15, 0.2) is 0 Å². The van der Waals surface area contributed by atoms with Crippen LogP contribution in [-0.2, 0) is 6.42 Å². The van der Waals surface area contributed by atoms with Crippen LogP contribution in [0.1, 0.15) is 5.56 Å². The molecule has 2 aromatic carbocycles. The molecule has 0 fully saturated rings. The van der Waals surface area contributed by atoms with Gasteiger partial charge in [0, 0.05) is 36.8 Å². The fourth-order valence-corrected chi connectivity index (χ4v) is 3.75. The van der Waals surface area contributed by atoms with E-state index in [0.29, 0.717) is 33.7 Å². The molecule has 0 saturated heterocycles. The minimum absolute atomic E-state index is 0.306. The first-order chi connectivity index (χ1) is 13.4. The number of thiazole rings is 1. The molecule has 0 aliphatic heterocycles. The Morgan fingerprint density at radius 2 is 2.11 bits per heavy atom. The molecule has 1 heterocycles. The van der Waals surface area contributed by atoms with E-state index in [-0.39, 0.29) is 5.82 Å². The summed E-state index contributed by atoms with van der Waals surface area (Å²) in [6, 6.07) is 9.01. The molecule has 0 unspecified atom stereocenters. The number of fused-ring (bicyclic) bond motifs is 1. The SMILES string of the molecule is C=C(/C=C\C(=C/N)Cc1cc2scnc2c(-c2cccc(Cl)c2)c1F)N(C)C. The van der Waals surface area contributed by atoms with Crippen molar-refractivity contribution in [3.63, 3.8) is 0 Å². The van der Waals surface area contributed by atoms with Gasteiger partial charge in [-0.2, -0.15) is 0 Å². The summed E-state index contributed by atoms with van der Waals surface area (Å²) in [6.45, 7) is 3.96. The van der Waals surface area contributed by atoms with Crippen molar-refractivity contribution in [2.75, 3.05) is 14.1 Å². The Morgan fingerprint density at radius 1 is 1.32 bits per heavy atom. The fraction of sp³-hybridized carbons (Fsp3) is 0.136. The van der Waals surface area contributed by atoms with E-state index in [0.717, 1.165) is 16.0 Å². The molecule has 0 amide bonds. The highest BCUT2D eigenvalue weighted by Gasteiger charge is 2.18. The van der Waals surface area contributed by atoms with Crippen LogP contribution in [0.15, 0.2) is 72.0 Å². The van der Waals surface area contributed by atoms with Crippen molar-refractivity contribution in [2.45, 2.75) is 6.42 Å². The number of halogens is 2. The Morgan fingerprint density at radius 3 is 2.79 bits per heavy atom. The lowest BCUT2D eigenvalue weighted by atomic mass is 9.97. The van der Waals surface area contributed by atoms with Crippen molar-refractivity contribution in [3.05, 3.63) is 88.4 Å². The van der Waals surface area contributed by atoms with E-state index in [1.165, 1.54) is 17.5 Å². The van der Waals surface area contributed by atoms with Gasteiger partial charge < -0.3 is 10.6 Å². The van der Waals surface area contributed by atoms with Crippen molar-refractivity contribution >= 4 is 33.2 Å². The van der Waals surface area contributed by atoms with Crippen LogP contribution in [0.2, 0.25) is 5.02 Å². The maximum atomic E-state index is 15.5. The zero-order valence-corrected chi connectivity index (χ0v) is 17.3. The second kappa shape index (κ2) is 8.59. The minimum Gasteiger partial charge on any atom is -0.404 e. The molecule has 0 aliphatic rings. The second-order valence-corrected chi connectivity index (χ2v) is 7.89. The van der Waals surface area contributed by atoms with E-state index >= 15 is 4.39 Å². The van der Waals surface area contributed by atoms with Crippen molar-refractivity contribution in [2.24, 2.45) is 5.73 Å². The van der Waals surface area contributed by atoms with Crippen molar-refractivity contribution in [1.82, 2.24) is 9.88 Å². The average Bonchev–Trinajstić information content (AvgIpc) is 3.12. The van der Waals surface area contributed by atoms with E-state index in [1.54, 1.807) is 17.6 Å². The first-order valence-electron chi connectivity index (χ1n) is 8.66. The summed E-state index contributed by atoms with van der Waals surface area (Å²) < 4.78 is 16.4. The largest absolute Gasteiger partial charge is 0.404 e. The molecular weight excluding hydrogens is 393 g/mol. The predicted octanol–water partition coefficient (Wildman–Crippen LogP) is 5.77. The molecule has 1 aromatic heterocycles. The normalized spacial score (nSPS) is 12.1. The summed E-state index contributed by atoms with van der Waals surface area (Å²) in [5.74, 6) is -0.306. The molecule has 3 aromatic rings. The second-order valence-electron chi connectivity index (χ2n) is 6.57. The molecule has 6 heteroatoms. The van der Waals surface area contributed by atoms with E-state index in [4.69, 9.17) is 17.3 Å². The molecule has 0 aliphatic carbocycles. The van der Waals surface area contributed by atoms with Crippen LogP contribution in [0.4, 0.5) is 4.39 Å². The summed E-state index contributed by atoms with van der Waals surface area (Å²) in [5.41, 5.74) is 11.5. The third-order valence-electron chi connectivity index (χ3n) is 4.42. The lowest BCUT2D eigenvalue weighted by Crippen LogP contribution is -2.07. The van der Waals surface area contributed by atoms with Crippen LogP contribution < -0.4 is 5.73 Å². The third-order valence-corrected chi connectivity index (χ3v) is 5.44. The van der Waals surface area contributed by atoms with Crippen LogP contribution in [0.3, 0.4) is 0 Å². The summed E-state index contributed by atoms with van der Waals surface area (Å²) in [5, 5.41) is 0.554. The van der Waals surface area contributed by atoms with Gasteiger partial charge in [-0.05, 0) is 47.2 Å². The lowest BCUT2D eigenvalue weighted by Gasteiger charge is -2.13. The van der Waals surface area contributed by atoms with Crippen molar-refractivity contribution in [1.29, 1.82) is 0 Å².